The number of nitrogens with one attached hydrogen (secondary N) is 2. The average Bonchev–Trinajstić information content (AvgIpc) is 3.20. The number of carbonyl (C=O) groups is 1. The summed E-state index contributed by atoms with van der Waals surface area (Å²) in [6.07, 6.45) is 0.362. The molecule has 3 N–H and O–H groups in total. The zero-order valence-electron chi connectivity index (χ0n) is 21.8. The standard InChI is InChI=1S/C29H32FN4O3P/c1-4-21-22(8-11-26(28(21)30)38(3)36)29(35)34-12-13-37-25-10-7-18(14-20(25)17-34)19-6-9-23-24(15-19)33-27(32-23)16-31-5-2/h6-11,14-15,31,36H,4-5,12-13,16-17H2,1-3H3,(H,32,33). The van der Waals surface area contributed by atoms with Crippen molar-refractivity contribution < 1.29 is 18.8 Å². The number of ether oxygens (including phenoxy) is 1. The Hall–Kier alpha value is -3.32. The molecule has 38 heavy (non-hydrogen) atoms. The van der Waals surface area contributed by atoms with Gasteiger partial charge >= 0.3 is 0 Å². The fourth-order valence-electron chi connectivity index (χ4n) is 4.89. The van der Waals surface area contributed by atoms with Crippen LogP contribution in [0.1, 0.15) is 41.2 Å². The summed E-state index contributed by atoms with van der Waals surface area (Å²) >= 11 is 0. The van der Waals surface area contributed by atoms with Gasteiger partial charge < -0.3 is 24.8 Å². The van der Waals surface area contributed by atoms with Crippen molar-refractivity contribution in [2.75, 3.05) is 26.4 Å². The number of hydrogen-bond donors (Lipinski definition) is 3. The summed E-state index contributed by atoms with van der Waals surface area (Å²) < 4.78 is 21.1. The smallest absolute Gasteiger partial charge is 0.254 e. The molecule has 0 bridgehead atoms. The molecular weight excluding hydrogens is 502 g/mol. The van der Waals surface area contributed by atoms with Crippen LogP contribution < -0.4 is 15.4 Å². The Balaban J connectivity index is 1.43. The Morgan fingerprint density at radius 1 is 1.18 bits per heavy atom. The van der Waals surface area contributed by atoms with Gasteiger partial charge in [-0.25, -0.2) is 9.37 Å². The van der Waals surface area contributed by atoms with Gasteiger partial charge in [0.1, 0.15) is 24.0 Å². The lowest BCUT2D eigenvalue weighted by Gasteiger charge is -2.22. The number of nitrogens with zero attached hydrogens (tertiary/aromatic N) is 2. The molecule has 9 heteroatoms. The average molecular weight is 535 g/mol. The minimum Gasteiger partial charge on any atom is -0.491 e. The van der Waals surface area contributed by atoms with Crippen LogP contribution in [0, 0.1) is 5.82 Å². The van der Waals surface area contributed by atoms with Crippen LogP contribution in [-0.2, 0) is 19.5 Å². The van der Waals surface area contributed by atoms with Gasteiger partial charge in [-0.1, -0.05) is 26.0 Å². The summed E-state index contributed by atoms with van der Waals surface area (Å²) in [4.78, 5) is 33.3. The molecule has 1 atom stereocenters. The Labute approximate surface area is 222 Å². The first-order chi connectivity index (χ1) is 18.4. The third-order valence-corrected chi connectivity index (χ3v) is 7.93. The molecule has 5 rings (SSSR count). The topological polar surface area (TPSA) is 90.5 Å². The van der Waals surface area contributed by atoms with Crippen LogP contribution in [0.2, 0.25) is 0 Å². The minimum absolute atomic E-state index is 0.236. The monoisotopic (exact) mass is 534 g/mol. The third kappa shape index (κ3) is 5.17. The summed E-state index contributed by atoms with van der Waals surface area (Å²) in [6, 6.07) is 15.3. The second kappa shape index (κ2) is 11.2. The largest absolute Gasteiger partial charge is 0.491 e. The molecule has 1 aliphatic rings. The molecule has 1 aliphatic heterocycles. The van der Waals surface area contributed by atoms with E-state index in [-0.39, 0.29) is 11.2 Å². The number of amides is 1. The van der Waals surface area contributed by atoms with Crippen LogP contribution in [0.25, 0.3) is 22.2 Å². The molecule has 0 saturated heterocycles. The van der Waals surface area contributed by atoms with Gasteiger partial charge in [-0.2, -0.15) is 0 Å². The summed E-state index contributed by atoms with van der Waals surface area (Å²) in [6.45, 7) is 8.13. The van der Waals surface area contributed by atoms with Crippen LogP contribution in [0.5, 0.6) is 5.75 Å². The molecule has 0 saturated carbocycles. The number of hydrogen-bond acceptors (Lipinski definition) is 5. The second-order valence-electron chi connectivity index (χ2n) is 9.40. The molecular formula is C29H32FN4O3P. The number of carbonyl (C=O) groups excluding carboxylic acids is 1. The van der Waals surface area contributed by atoms with Crippen molar-refractivity contribution >= 4 is 30.4 Å². The van der Waals surface area contributed by atoms with Crippen LogP contribution in [-0.4, -0.2) is 52.0 Å². The number of H-pyrrole nitrogens is 1. The van der Waals surface area contributed by atoms with E-state index in [1.54, 1.807) is 17.6 Å². The van der Waals surface area contributed by atoms with Crippen molar-refractivity contribution in [2.45, 2.75) is 33.4 Å². The van der Waals surface area contributed by atoms with E-state index in [4.69, 9.17) is 4.74 Å². The van der Waals surface area contributed by atoms with Crippen molar-refractivity contribution in [1.82, 2.24) is 20.2 Å². The number of benzene rings is 3. The molecule has 1 aromatic heterocycles. The van der Waals surface area contributed by atoms with Crippen molar-refractivity contribution in [2.24, 2.45) is 0 Å². The molecule has 0 fully saturated rings. The van der Waals surface area contributed by atoms with Crippen LogP contribution in [0.4, 0.5) is 4.39 Å². The van der Waals surface area contributed by atoms with Gasteiger partial charge in [0.2, 0.25) is 0 Å². The van der Waals surface area contributed by atoms with Crippen molar-refractivity contribution in [3.05, 3.63) is 76.9 Å². The lowest BCUT2D eigenvalue weighted by Crippen LogP contribution is -2.33. The fourth-order valence-corrected chi connectivity index (χ4v) is 5.60. The van der Waals surface area contributed by atoms with Crippen molar-refractivity contribution in [3.8, 4) is 16.9 Å². The highest BCUT2D eigenvalue weighted by atomic mass is 31.1. The highest BCUT2D eigenvalue weighted by Gasteiger charge is 2.26. The summed E-state index contributed by atoms with van der Waals surface area (Å²) in [5.41, 5.74) is 5.50. The lowest BCUT2D eigenvalue weighted by molar-refractivity contribution is 0.0731. The van der Waals surface area contributed by atoms with Gasteiger partial charge in [-0.15, -0.1) is 0 Å². The molecule has 0 aliphatic carbocycles. The number of aromatic nitrogens is 2. The number of rotatable bonds is 7. The van der Waals surface area contributed by atoms with E-state index in [2.05, 4.69) is 34.3 Å². The summed E-state index contributed by atoms with van der Waals surface area (Å²) in [5, 5.41) is 3.55. The molecule has 1 amide bonds. The predicted molar refractivity (Wildman–Crippen MR) is 150 cm³/mol. The Morgan fingerprint density at radius 2 is 1.97 bits per heavy atom. The van der Waals surface area contributed by atoms with Crippen molar-refractivity contribution in [1.29, 1.82) is 0 Å². The van der Waals surface area contributed by atoms with E-state index >= 15 is 4.39 Å². The molecule has 0 radical (unpaired) electrons. The maximum absolute atomic E-state index is 15.1. The van der Waals surface area contributed by atoms with Gasteiger partial charge in [-0.05, 0) is 67.2 Å². The Kier molecular flexibility index (Phi) is 7.75. The SMILES string of the molecule is CCNCc1nc2ccc(-c3ccc4c(c3)CN(C(=O)c3ccc(P(C)O)c(F)c3CC)CCO4)cc2[nH]1. The first kappa shape index (κ1) is 26.3. The number of halogens is 1. The fraction of sp³-hybridized carbons (Fsp3) is 0.310. The number of imidazole rings is 1. The maximum Gasteiger partial charge on any atom is 0.254 e. The molecule has 3 aromatic carbocycles. The molecule has 198 valence electrons. The van der Waals surface area contributed by atoms with Gasteiger partial charge in [0, 0.05) is 28.5 Å². The van der Waals surface area contributed by atoms with E-state index in [0.29, 0.717) is 43.8 Å². The molecule has 0 spiro atoms. The Bertz CT molecular complexity index is 1490. The second-order valence-corrected chi connectivity index (χ2v) is 10.9. The van der Waals surface area contributed by atoms with Gasteiger partial charge in [0.25, 0.3) is 5.91 Å². The predicted octanol–water partition coefficient (Wildman–Crippen LogP) is 4.72. The highest BCUT2D eigenvalue weighted by molar-refractivity contribution is 7.59. The van der Waals surface area contributed by atoms with Gasteiger partial charge in [0.05, 0.1) is 32.3 Å². The third-order valence-electron chi connectivity index (χ3n) is 6.89. The van der Waals surface area contributed by atoms with E-state index < -0.39 is 14.0 Å². The molecule has 2 heterocycles. The summed E-state index contributed by atoms with van der Waals surface area (Å²) in [5.74, 6) is 0.924. The number of fused-ring (bicyclic) bond motifs is 2. The van der Waals surface area contributed by atoms with E-state index in [9.17, 15) is 9.69 Å². The minimum atomic E-state index is -1.59. The van der Waals surface area contributed by atoms with Crippen LogP contribution in [0.3, 0.4) is 0 Å². The van der Waals surface area contributed by atoms with Crippen LogP contribution in [0.15, 0.2) is 48.5 Å². The van der Waals surface area contributed by atoms with Crippen LogP contribution >= 0.6 is 8.15 Å². The number of aromatic amines is 1. The normalized spacial score (nSPS) is 14.2. The zero-order valence-corrected chi connectivity index (χ0v) is 22.7. The summed E-state index contributed by atoms with van der Waals surface area (Å²) in [7, 11) is -1.59. The molecule has 1 unspecified atom stereocenters. The first-order valence-electron chi connectivity index (χ1n) is 12.9. The van der Waals surface area contributed by atoms with Gasteiger partial charge in [-0.3, -0.25) is 4.79 Å². The zero-order chi connectivity index (χ0) is 26.8. The van der Waals surface area contributed by atoms with Crippen molar-refractivity contribution in [3.63, 3.8) is 0 Å². The molecule has 7 nitrogen and oxygen atoms in total. The van der Waals surface area contributed by atoms with E-state index in [0.717, 1.165) is 45.8 Å². The van der Waals surface area contributed by atoms with E-state index in [1.165, 1.54) is 6.07 Å². The highest BCUT2D eigenvalue weighted by Crippen LogP contribution is 2.32. The molecule has 4 aromatic rings. The quantitative estimate of drug-likeness (QED) is 0.299. The maximum atomic E-state index is 15.1. The van der Waals surface area contributed by atoms with E-state index in [1.807, 2.05) is 31.2 Å². The van der Waals surface area contributed by atoms with Gasteiger partial charge in [0.15, 0.2) is 0 Å². The lowest BCUT2D eigenvalue weighted by atomic mass is 10.0. The first-order valence-corrected chi connectivity index (χ1v) is 14.6. The Morgan fingerprint density at radius 3 is 2.74 bits per heavy atom.